The summed E-state index contributed by atoms with van der Waals surface area (Å²) in [4.78, 5) is 16.4. The van der Waals surface area contributed by atoms with Gasteiger partial charge in [-0.1, -0.05) is 29.8 Å². The van der Waals surface area contributed by atoms with Gasteiger partial charge in [-0.05, 0) is 36.8 Å². The lowest BCUT2D eigenvalue weighted by molar-refractivity contribution is -0.121. The van der Waals surface area contributed by atoms with Crippen LogP contribution in [0, 0.1) is 6.92 Å². The van der Waals surface area contributed by atoms with Crippen molar-refractivity contribution in [3.63, 3.8) is 0 Å². The lowest BCUT2D eigenvalue weighted by atomic mass is 10.2. The second-order valence-electron chi connectivity index (χ2n) is 5.10. The van der Waals surface area contributed by atoms with E-state index in [1.165, 1.54) is 0 Å². The Labute approximate surface area is 143 Å². The first-order valence-corrected chi connectivity index (χ1v) is 8.29. The average molecular weight is 347 g/mol. The number of para-hydroxylation sites is 1. The fourth-order valence-corrected chi connectivity index (χ4v) is 3.31. The number of anilines is 1. The molecule has 23 heavy (non-hydrogen) atoms. The van der Waals surface area contributed by atoms with E-state index in [0.29, 0.717) is 17.3 Å². The van der Waals surface area contributed by atoms with E-state index < -0.39 is 0 Å². The molecule has 3 aromatic rings. The molecule has 0 radical (unpaired) electrons. The second-order valence-corrected chi connectivity index (χ2v) is 6.62. The van der Waals surface area contributed by atoms with Gasteiger partial charge >= 0.3 is 0 Å². The molecule has 4 nitrogen and oxygen atoms in total. The Morgan fingerprint density at radius 1 is 1.30 bits per heavy atom. The molecule has 1 amide bonds. The van der Waals surface area contributed by atoms with E-state index in [4.69, 9.17) is 16.3 Å². The smallest absolute Gasteiger partial charge is 0.250 e. The summed E-state index contributed by atoms with van der Waals surface area (Å²) < 4.78 is 6.55. The van der Waals surface area contributed by atoms with Crippen LogP contribution in [0.2, 0.25) is 5.02 Å². The first kappa shape index (κ1) is 15.9. The van der Waals surface area contributed by atoms with Gasteiger partial charge in [-0.15, -0.1) is 11.3 Å². The summed E-state index contributed by atoms with van der Waals surface area (Å²) in [5.74, 6) is -0.239. The van der Waals surface area contributed by atoms with E-state index in [1.807, 2.05) is 37.3 Å². The number of benzene rings is 2. The van der Waals surface area contributed by atoms with E-state index in [1.54, 1.807) is 23.5 Å². The van der Waals surface area contributed by atoms with Crippen molar-refractivity contribution in [2.45, 2.75) is 13.5 Å². The van der Waals surface area contributed by atoms with Crippen molar-refractivity contribution in [3.8, 4) is 0 Å². The molecule has 1 N–H and O–H groups in total. The third kappa shape index (κ3) is 4.07. The molecular formula is C17H15ClN2O2S. The Kier molecular flexibility index (Phi) is 4.91. The number of hydrogen-bond donors (Lipinski definition) is 1. The van der Waals surface area contributed by atoms with Crippen molar-refractivity contribution >= 4 is 44.7 Å². The van der Waals surface area contributed by atoms with Crippen LogP contribution in [0.1, 0.15) is 10.6 Å². The number of halogens is 1. The predicted molar refractivity (Wildman–Crippen MR) is 94.1 cm³/mol. The zero-order chi connectivity index (χ0) is 16.2. The molecular weight excluding hydrogens is 332 g/mol. The van der Waals surface area contributed by atoms with Gasteiger partial charge in [0.25, 0.3) is 0 Å². The summed E-state index contributed by atoms with van der Waals surface area (Å²) in [5, 5.41) is 4.11. The highest BCUT2D eigenvalue weighted by Crippen LogP contribution is 2.23. The van der Waals surface area contributed by atoms with Gasteiger partial charge in [0.2, 0.25) is 5.91 Å². The van der Waals surface area contributed by atoms with Gasteiger partial charge in [0, 0.05) is 0 Å². The summed E-state index contributed by atoms with van der Waals surface area (Å²) >= 11 is 7.65. The predicted octanol–water partition coefficient (Wildman–Crippen LogP) is 4.41. The molecule has 0 fully saturated rings. The van der Waals surface area contributed by atoms with Gasteiger partial charge in [-0.25, -0.2) is 4.98 Å². The van der Waals surface area contributed by atoms with Crippen molar-refractivity contribution in [1.29, 1.82) is 0 Å². The van der Waals surface area contributed by atoms with Gasteiger partial charge in [-0.3, -0.25) is 4.79 Å². The molecule has 0 aliphatic carbocycles. The van der Waals surface area contributed by atoms with E-state index >= 15 is 0 Å². The highest BCUT2D eigenvalue weighted by atomic mass is 35.5. The molecule has 3 rings (SSSR count). The zero-order valence-corrected chi connectivity index (χ0v) is 14.1. The largest absolute Gasteiger partial charge is 0.364 e. The molecule has 0 saturated carbocycles. The first-order valence-electron chi connectivity index (χ1n) is 7.10. The standard InChI is InChI=1S/C17H15ClN2O2S/c1-11-6-7-13(12(18)8-11)19-16(21)9-22-10-17-20-14-4-2-3-5-15(14)23-17/h2-8H,9-10H2,1H3,(H,19,21). The molecule has 1 aromatic heterocycles. The van der Waals surface area contributed by atoms with E-state index in [9.17, 15) is 4.79 Å². The number of nitrogens with zero attached hydrogens (tertiary/aromatic N) is 1. The third-order valence-electron chi connectivity index (χ3n) is 3.20. The highest BCUT2D eigenvalue weighted by Gasteiger charge is 2.08. The van der Waals surface area contributed by atoms with Crippen molar-refractivity contribution in [2.75, 3.05) is 11.9 Å². The third-order valence-corrected chi connectivity index (χ3v) is 4.52. The Bertz CT molecular complexity index is 814. The molecule has 0 saturated heterocycles. The van der Waals surface area contributed by atoms with E-state index in [-0.39, 0.29) is 12.5 Å². The Morgan fingerprint density at radius 2 is 2.13 bits per heavy atom. The number of fused-ring (bicyclic) bond motifs is 1. The Hall–Kier alpha value is -1.95. The van der Waals surface area contributed by atoms with Crippen molar-refractivity contribution in [2.24, 2.45) is 0 Å². The molecule has 6 heteroatoms. The van der Waals surface area contributed by atoms with E-state index in [0.717, 1.165) is 20.8 Å². The minimum atomic E-state index is -0.239. The number of nitrogens with one attached hydrogen (secondary N) is 1. The normalized spacial score (nSPS) is 10.9. The molecule has 0 aliphatic heterocycles. The number of thiazole rings is 1. The maximum absolute atomic E-state index is 11.9. The summed E-state index contributed by atoms with van der Waals surface area (Å²) in [7, 11) is 0. The van der Waals surface area contributed by atoms with Crippen LogP contribution in [0.15, 0.2) is 42.5 Å². The van der Waals surface area contributed by atoms with Gasteiger partial charge in [0.15, 0.2) is 0 Å². The monoisotopic (exact) mass is 346 g/mol. The van der Waals surface area contributed by atoms with Crippen LogP contribution in [0.3, 0.4) is 0 Å². The van der Waals surface area contributed by atoms with E-state index in [2.05, 4.69) is 10.3 Å². The maximum Gasteiger partial charge on any atom is 0.250 e. The minimum Gasteiger partial charge on any atom is -0.364 e. The van der Waals surface area contributed by atoms with Crippen molar-refractivity contribution in [1.82, 2.24) is 4.98 Å². The average Bonchev–Trinajstić information content (AvgIpc) is 2.93. The summed E-state index contributed by atoms with van der Waals surface area (Å²) in [5.41, 5.74) is 2.58. The Morgan fingerprint density at radius 3 is 2.91 bits per heavy atom. The number of hydrogen-bond acceptors (Lipinski definition) is 4. The highest BCUT2D eigenvalue weighted by molar-refractivity contribution is 7.18. The zero-order valence-electron chi connectivity index (χ0n) is 12.5. The number of carbonyl (C=O) groups is 1. The fourth-order valence-electron chi connectivity index (χ4n) is 2.12. The molecule has 0 spiro atoms. The van der Waals surface area contributed by atoms with Gasteiger partial charge < -0.3 is 10.1 Å². The van der Waals surface area contributed by atoms with Crippen LogP contribution in [-0.4, -0.2) is 17.5 Å². The second kappa shape index (κ2) is 7.08. The fraction of sp³-hybridized carbons (Fsp3) is 0.176. The van der Waals surface area contributed by atoms with Gasteiger partial charge in [0.1, 0.15) is 11.6 Å². The van der Waals surface area contributed by atoms with Gasteiger partial charge in [-0.2, -0.15) is 0 Å². The van der Waals surface area contributed by atoms with Crippen molar-refractivity contribution in [3.05, 3.63) is 58.1 Å². The Balaban J connectivity index is 1.52. The minimum absolute atomic E-state index is 0.0415. The van der Waals surface area contributed by atoms with Gasteiger partial charge in [0.05, 0.1) is 27.5 Å². The van der Waals surface area contributed by atoms with Crippen LogP contribution in [-0.2, 0) is 16.1 Å². The van der Waals surface area contributed by atoms with Crippen LogP contribution in [0.5, 0.6) is 0 Å². The molecule has 0 atom stereocenters. The summed E-state index contributed by atoms with van der Waals surface area (Å²) in [6.45, 7) is 2.22. The number of aromatic nitrogens is 1. The SMILES string of the molecule is Cc1ccc(NC(=O)COCc2nc3ccccc3s2)c(Cl)c1. The summed E-state index contributed by atoms with van der Waals surface area (Å²) in [6, 6.07) is 13.4. The van der Waals surface area contributed by atoms with Crippen LogP contribution < -0.4 is 5.32 Å². The van der Waals surface area contributed by atoms with Crippen molar-refractivity contribution < 1.29 is 9.53 Å². The number of aryl methyl sites for hydroxylation is 1. The maximum atomic E-state index is 11.9. The number of carbonyl (C=O) groups excluding carboxylic acids is 1. The van der Waals surface area contributed by atoms with Crippen LogP contribution in [0.4, 0.5) is 5.69 Å². The molecule has 0 unspecified atom stereocenters. The summed E-state index contributed by atoms with van der Waals surface area (Å²) in [6.07, 6.45) is 0. The number of amides is 1. The molecule has 2 aromatic carbocycles. The molecule has 1 heterocycles. The number of ether oxygens (including phenoxy) is 1. The first-order chi connectivity index (χ1) is 11.1. The lowest BCUT2D eigenvalue weighted by Crippen LogP contribution is -2.18. The lowest BCUT2D eigenvalue weighted by Gasteiger charge is -2.08. The number of rotatable bonds is 5. The quantitative estimate of drug-likeness (QED) is 0.744. The van der Waals surface area contributed by atoms with Crippen LogP contribution in [0.25, 0.3) is 10.2 Å². The molecule has 0 bridgehead atoms. The topological polar surface area (TPSA) is 51.2 Å². The molecule has 0 aliphatic rings. The van der Waals surface area contributed by atoms with Crippen LogP contribution >= 0.6 is 22.9 Å². The molecule has 118 valence electrons.